The van der Waals surface area contributed by atoms with Gasteiger partial charge in [-0.25, -0.2) is 9.78 Å². The van der Waals surface area contributed by atoms with Gasteiger partial charge in [-0.05, 0) is 36.4 Å². The summed E-state index contributed by atoms with van der Waals surface area (Å²) in [6, 6.07) is 19.9. The summed E-state index contributed by atoms with van der Waals surface area (Å²) < 4.78 is 11.3. The van der Waals surface area contributed by atoms with Gasteiger partial charge in [-0.3, -0.25) is 0 Å². The van der Waals surface area contributed by atoms with E-state index in [4.69, 9.17) is 32.0 Å². The van der Waals surface area contributed by atoms with Crippen LogP contribution in [0.5, 0.6) is 0 Å². The molecular formula is C25H12Cl2N2O3S. The van der Waals surface area contributed by atoms with E-state index in [9.17, 15) is 10.1 Å². The van der Waals surface area contributed by atoms with Crippen molar-refractivity contribution in [3.05, 3.63) is 97.3 Å². The third-order valence-corrected chi connectivity index (χ3v) is 6.60. The molecule has 8 heteroatoms. The zero-order chi connectivity index (χ0) is 22.9. The van der Waals surface area contributed by atoms with Crippen molar-refractivity contribution < 1.29 is 8.83 Å². The maximum atomic E-state index is 12.4. The van der Waals surface area contributed by atoms with Crippen molar-refractivity contribution in [2.24, 2.45) is 0 Å². The smallest absolute Gasteiger partial charge is 0.345 e. The van der Waals surface area contributed by atoms with Crippen molar-refractivity contribution in [2.75, 3.05) is 0 Å². The number of nitrogens with zero attached hydrogens (tertiary/aromatic N) is 2. The van der Waals surface area contributed by atoms with Crippen molar-refractivity contribution >= 4 is 57.2 Å². The highest BCUT2D eigenvalue weighted by Gasteiger charge is 2.15. The summed E-state index contributed by atoms with van der Waals surface area (Å²) >= 11 is 13.6. The molecule has 33 heavy (non-hydrogen) atoms. The summed E-state index contributed by atoms with van der Waals surface area (Å²) in [4.78, 5) is 16.9. The van der Waals surface area contributed by atoms with E-state index in [0.29, 0.717) is 54.6 Å². The summed E-state index contributed by atoms with van der Waals surface area (Å²) in [5.74, 6) is 0.985. The summed E-state index contributed by atoms with van der Waals surface area (Å²) in [6.45, 7) is 0. The molecule has 5 nitrogen and oxygen atoms in total. The number of allylic oxidation sites excluding steroid dienone is 1. The Labute approximate surface area is 201 Å². The Morgan fingerprint density at radius 3 is 2.73 bits per heavy atom. The maximum absolute atomic E-state index is 12.4. The minimum atomic E-state index is -0.484. The third-order valence-electron chi connectivity index (χ3n) is 4.90. The molecule has 0 aliphatic rings. The SMILES string of the molecule is N#C/C(=C\c1ccc(-c2cccc(Cl)c2Cl)o1)c1nc(-c2cc3ccccc3oc2=O)cs1. The summed E-state index contributed by atoms with van der Waals surface area (Å²) in [7, 11) is 0. The Balaban J connectivity index is 1.49. The monoisotopic (exact) mass is 490 g/mol. The van der Waals surface area contributed by atoms with Crippen molar-refractivity contribution in [1.29, 1.82) is 5.26 Å². The lowest BCUT2D eigenvalue weighted by atomic mass is 10.1. The average molecular weight is 491 g/mol. The molecule has 5 rings (SSSR count). The van der Waals surface area contributed by atoms with Crippen LogP contribution in [-0.4, -0.2) is 4.98 Å². The van der Waals surface area contributed by atoms with E-state index >= 15 is 0 Å². The molecule has 0 aliphatic carbocycles. The topological polar surface area (TPSA) is 80.0 Å². The maximum Gasteiger partial charge on any atom is 0.345 e. The number of fused-ring (bicyclic) bond motifs is 1. The molecule has 160 valence electrons. The Morgan fingerprint density at radius 2 is 1.88 bits per heavy atom. The Kier molecular flexibility index (Phi) is 5.61. The number of aromatic nitrogens is 1. The van der Waals surface area contributed by atoms with Gasteiger partial charge in [-0.2, -0.15) is 5.26 Å². The molecule has 0 radical (unpaired) electrons. The molecule has 2 aromatic carbocycles. The largest absolute Gasteiger partial charge is 0.457 e. The number of benzene rings is 2. The highest BCUT2D eigenvalue weighted by atomic mass is 35.5. The Morgan fingerprint density at radius 1 is 1.03 bits per heavy atom. The van der Waals surface area contributed by atoms with E-state index in [1.807, 2.05) is 12.1 Å². The molecule has 0 bridgehead atoms. The first-order chi connectivity index (χ1) is 16.0. The van der Waals surface area contributed by atoms with E-state index < -0.39 is 5.63 Å². The molecule has 3 heterocycles. The number of hydrogen-bond acceptors (Lipinski definition) is 6. The fraction of sp³-hybridized carbons (Fsp3) is 0. The standard InChI is InChI=1S/C25H12Cl2N2O3S/c26-19-6-3-5-17(23(19)27)22-9-8-16(31-22)10-15(12-28)24-29-20(13-33-24)18-11-14-4-1-2-7-21(14)32-25(18)30/h1-11,13H/b15-10+. The quantitative estimate of drug-likeness (QED) is 0.192. The number of nitriles is 1. The molecule has 0 saturated heterocycles. The minimum absolute atomic E-state index is 0.300. The second-order valence-corrected chi connectivity index (χ2v) is 8.64. The minimum Gasteiger partial charge on any atom is -0.457 e. The lowest BCUT2D eigenvalue weighted by molar-refractivity contribution is 0.563. The number of halogens is 2. The first-order valence-electron chi connectivity index (χ1n) is 9.68. The van der Waals surface area contributed by atoms with Crippen LogP contribution < -0.4 is 5.63 Å². The van der Waals surface area contributed by atoms with Gasteiger partial charge in [0.2, 0.25) is 0 Å². The lowest BCUT2D eigenvalue weighted by Gasteiger charge is -2.02. The summed E-state index contributed by atoms with van der Waals surface area (Å²) in [5.41, 5.74) is 1.76. The summed E-state index contributed by atoms with van der Waals surface area (Å²) in [6.07, 6.45) is 1.59. The van der Waals surface area contributed by atoms with Crippen LogP contribution in [0.15, 0.2) is 79.7 Å². The molecule has 5 aromatic rings. The number of thiazole rings is 1. The van der Waals surface area contributed by atoms with Crippen molar-refractivity contribution in [2.45, 2.75) is 0 Å². The number of hydrogen-bond donors (Lipinski definition) is 0. The highest BCUT2D eigenvalue weighted by Crippen LogP contribution is 2.35. The zero-order valence-corrected chi connectivity index (χ0v) is 19.0. The van der Waals surface area contributed by atoms with Crippen molar-refractivity contribution in [1.82, 2.24) is 4.98 Å². The van der Waals surface area contributed by atoms with E-state index in [0.717, 1.165) is 5.39 Å². The highest BCUT2D eigenvalue weighted by molar-refractivity contribution is 7.11. The van der Waals surface area contributed by atoms with Crippen LogP contribution in [0.4, 0.5) is 0 Å². The van der Waals surface area contributed by atoms with Gasteiger partial charge in [0.1, 0.15) is 28.2 Å². The number of rotatable bonds is 4. The molecule has 0 N–H and O–H groups in total. The Hall–Kier alpha value is -3.63. The molecule has 0 unspecified atom stereocenters. The van der Waals surface area contributed by atoms with E-state index in [1.54, 1.807) is 60.0 Å². The van der Waals surface area contributed by atoms with Gasteiger partial charge in [-0.15, -0.1) is 11.3 Å². The molecule has 0 aliphatic heterocycles. The molecule has 0 spiro atoms. The van der Waals surface area contributed by atoms with Gasteiger partial charge in [0.15, 0.2) is 0 Å². The van der Waals surface area contributed by atoms with Gasteiger partial charge in [0.05, 0.1) is 26.9 Å². The van der Waals surface area contributed by atoms with Gasteiger partial charge >= 0.3 is 5.63 Å². The normalized spacial score (nSPS) is 11.6. The van der Waals surface area contributed by atoms with Crippen molar-refractivity contribution in [3.63, 3.8) is 0 Å². The van der Waals surface area contributed by atoms with Gasteiger partial charge in [0, 0.05) is 22.4 Å². The second-order valence-electron chi connectivity index (χ2n) is 7.00. The Bertz CT molecular complexity index is 1640. The molecule has 0 saturated carbocycles. The molecule has 3 aromatic heterocycles. The predicted molar refractivity (Wildman–Crippen MR) is 131 cm³/mol. The van der Waals surface area contributed by atoms with E-state index in [2.05, 4.69) is 11.1 Å². The number of para-hydroxylation sites is 1. The first-order valence-corrected chi connectivity index (χ1v) is 11.3. The van der Waals surface area contributed by atoms with E-state index in [-0.39, 0.29) is 0 Å². The fourth-order valence-electron chi connectivity index (χ4n) is 3.32. The second kappa shape index (κ2) is 8.72. The third kappa shape index (κ3) is 4.10. The van der Waals surface area contributed by atoms with Crippen LogP contribution >= 0.6 is 34.5 Å². The lowest BCUT2D eigenvalue weighted by Crippen LogP contribution is -2.02. The predicted octanol–water partition coefficient (Wildman–Crippen LogP) is 7.55. The van der Waals surface area contributed by atoms with Crippen LogP contribution in [-0.2, 0) is 0 Å². The summed E-state index contributed by atoms with van der Waals surface area (Å²) in [5, 5.41) is 13.5. The van der Waals surface area contributed by atoms with Crippen LogP contribution in [0.2, 0.25) is 10.0 Å². The molecule has 0 atom stereocenters. The number of furan rings is 1. The average Bonchev–Trinajstić information content (AvgIpc) is 3.49. The van der Waals surface area contributed by atoms with Crippen LogP contribution in [0.1, 0.15) is 10.8 Å². The van der Waals surface area contributed by atoms with Crippen LogP contribution in [0.25, 0.3) is 45.2 Å². The molecule has 0 amide bonds. The molecule has 0 fully saturated rings. The van der Waals surface area contributed by atoms with Gasteiger partial charge in [0.25, 0.3) is 0 Å². The van der Waals surface area contributed by atoms with Gasteiger partial charge < -0.3 is 8.83 Å². The van der Waals surface area contributed by atoms with E-state index in [1.165, 1.54) is 11.3 Å². The zero-order valence-electron chi connectivity index (χ0n) is 16.7. The van der Waals surface area contributed by atoms with Crippen LogP contribution in [0, 0.1) is 11.3 Å². The first kappa shape index (κ1) is 21.2. The van der Waals surface area contributed by atoms with Gasteiger partial charge in [-0.1, -0.05) is 47.5 Å². The van der Waals surface area contributed by atoms with Crippen LogP contribution in [0.3, 0.4) is 0 Å². The fourth-order valence-corrected chi connectivity index (χ4v) is 4.49. The molecular weight excluding hydrogens is 479 g/mol. The van der Waals surface area contributed by atoms with Crippen molar-refractivity contribution in [3.8, 4) is 28.7 Å².